The second-order valence-corrected chi connectivity index (χ2v) is 6.99. The van der Waals surface area contributed by atoms with Crippen molar-refractivity contribution in [3.63, 3.8) is 0 Å². The maximum Gasteiger partial charge on any atom is 0.0918 e. The van der Waals surface area contributed by atoms with E-state index in [0.29, 0.717) is 6.04 Å². The van der Waals surface area contributed by atoms with Gasteiger partial charge in [-0.15, -0.1) is 0 Å². The van der Waals surface area contributed by atoms with E-state index in [-0.39, 0.29) is 5.48 Å². The summed E-state index contributed by atoms with van der Waals surface area (Å²) in [5.74, 6) is 0. The number of hydrogen-bond acceptors (Lipinski definition) is 3. The zero-order chi connectivity index (χ0) is 17.2. The fourth-order valence-electron chi connectivity index (χ4n) is 4.14. The molecule has 2 aliphatic rings. The lowest BCUT2D eigenvalue weighted by atomic mass is 9.93. The summed E-state index contributed by atoms with van der Waals surface area (Å²) in [7, 11) is 2.20. The third-order valence-corrected chi connectivity index (χ3v) is 5.52. The Kier molecular flexibility index (Phi) is 5.53. The number of nitrogens with zero attached hydrogens (tertiary/aromatic N) is 3. The molecule has 26 heavy (non-hydrogen) atoms. The summed E-state index contributed by atoms with van der Waals surface area (Å²) in [6, 6.07) is 19.8. The van der Waals surface area contributed by atoms with Crippen molar-refractivity contribution in [1.29, 1.82) is 5.26 Å². The lowest BCUT2D eigenvalue weighted by Gasteiger charge is -2.38. The molecule has 4 nitrogen and oxygen atoms in total. The molecule has 1 atom stereocenters. The number of piperazine rings is 1. The van der Waals surface area contributed by atoms with Crippen LogP contribution in [0.3, 0.4) is 0 Å². The molecule has 1 aliphatic heterocycles. The molecule has 0 bridgehead atoms. The zero-order valence-electron chi connectivity index (χ0n) is 15.2. The average Bonchev–Trinajstić information content (AvgIpc) is 2.79. The second kappa shape index (κ2) is 7.84. The molecule has 0 radical (unpaired) electrons. The van der Waals surface area contributed by atoms with Gasteiger partial charge >= 0.3 is 0 Å². The van der Waals surface area contributed by atoms with Gasteiger partial charge in [-0.05, 0) is 41.3 Å². The van der Waals surface area contributed by atoms with Crippen LogP contribution in [-0.2, 0) is 6.42 Å². The second-order valence-electron chi connectivity index (χ2n) is 6.99. The molecule has 2 aromatic carbocycles. The summed E-state index contributed by atoms with van der Waals surface area (Å²) in [6.07, 6.45) is 2.71. The van der Waals surface area contributed by atoms with Crippen molar-refractivity contribution < 1.29 is 5.48 Å². The van der Waals surface area contributed by atoms with E-state index in [2.05, 4.69) is 71.4 Å². The number of nitriles is 1. The number of allylic oxidation sites excluding steroid dienone is 1. The van der Waals surface area contributed by atoms with Crippen molar-refractivity contribution in [2.45, 2.75) is 12.5 Å². The van der Waals surface area contributed by atoms with Crippen LogP contribution in [0, 0.1) is 11.3 Å². The predicted octanol–water partition coefficient (Wildman–Crippen LogP) is 2.66. The number of rotatable bonds is 1. The Morgan fingerprint density at radius 2 is 1.62 bits per heavy atom. The molecule has 1 aliphatic carbocycles. The average molecular weight is 347 g/mol. The third kappa shape index (κ3) is 3.30. The van der Waals surface area contributed by atoms with Crippen molar-refractivity contribution >= 4 is 5.57 Å². The largest absolute Gasteiger partial charge is 0.412 e. The van der Waals surface area contributed by atoms with Crippen LogP contribution >= 0.6 is 0 Å². The van der Waals surface area contributed by atoms with Gasteiger partial charge in [-0.3, -0.25) is 4.90 Å². The predicted molar refractivity (Wildman–Crippen MR) is 105 cm³/mol. The lowest BCUT2D eigenvalue weighted by Crippen LogP contribution is -2.46. The Balaban J connectivity index is 0.00000196. The standard InChI is InChI=1S/C22H23N3.H2O/c1-24-12-14-25(15-13-24)22-16-17-6-2-3-7-18(17)20(10-11-23)19-8-4-5-9-21(19)22;/h2-10,22H,12-16H2,1H3;1H2/b20-10+;. The van der Waals surface area contributed by atoms with E-state index in [1.165, 1.54) is 22.3 Å². The first-order chi connectivity index (χ1) is 12.3. The molecule has 4 heteroatoms. The van der Waals surface area contributed by atoms with Crippen molar-refractivity contribution in [3.05, 3.63) is 76.9 Å². The maximum absolute atomic E-state index is 9.36. The number of fused-ring (bicyclic) bond motifs is 2. The lowest BCUT2D eigenvalue weighted by molar-refractivity contribution is 0.111. The van der Waals surface area contributed by atoms with Crippen molar-refractivity contribution in [1.82, 2.24) is 9.80 Å². The monoisotopic (exact) mass is 347 g/mol. The number of hydrogen-bond donors (Lipinski definition) is 0. The van der Waals surface area contributed by atoms with Crippen molar-refractivity contribution in [2.24, 2.45) is 0 Å². The van der Waals surface area contributed by atoms with E-state index < -0.39 is 0 Å². The maximum atomic E-state index is 9.36. The van der Waals surface area contributed by atoms with Crippen molar-refractivity contribution in [3.8, 4) is 6.07 Å². The summed E-state index contributed by atoms with van der Waals surface area (Å²) >= 11 is 0. The van der Waals surface area contributed by atoms with E-state index in [9.17, 15) is 5.26 Å². The van der Waals surface area contributed by atoms with Gasteiger partial charge in [0.1, 0.15) is 0 Å². The summed E-state index contributed by atoms with van der Waals surface area (Å²) in [5.41, 5.74) is 6.16. The van der Waals surface area contributed by atoms with Crippen molar-refractivity contribution in [2.75, 3.05) is 33.2 Å². The van der Waals surface area contributed by atoms with Gasteiger partial charge in [-0.1, -0.05) is 48.5 Å². The van der Waals surface area contributed by atoms with Gasteiger partial charge in [-0.2, -0.15) is 5.26 Å². The third-order valence-electron chi connectivity index (χ3n) is 5.52. The number of likely N-dealkylation sites (N-methyl/N-ethyl adjacent to an activating group) is 1. The first-order valence-electron chi connectivity index (χ1n) is 8.98. The Bertz CT molecular complexity index is 844. The molecule has 2 N–H and O–H groups in total. The molecule has 0 amide bonds. The Hall–Kier alpha value is -2.45. The minimum atomic E-state index is 0. The van der Waals surface area contributed by atoms with Gasteiger partial charge in [0.15, 0.2) is 0 Å². The SMILES string of the molecule is CN1CCN(C2Cc3ccccc3/C(=C\C#N)c3ccccc32)CC1.O. The van der Waals surface area contributed by atoms with Gasteiger partial charge in [0.25, 0.3) is 0 Å². The molecule has 1 heterocycles. The van der Waals surface area contributed by atoms with Gasteiger partial charge < -0.3 is 10.4 Å². The minimum Gasteiger partial charge on any atom is -0.412 e. The van der Waals surface area contributed by atoms with Gasteiger partial charge in [-0.25, -0.2) is 0 Å². The summed E-state index contributed by atoms with van der Waals surface area (Å²) in [4.78, 5) is 5.01. The van der Waals surface area contributed by atoms with E-state index in [4.69, 9.17) is 0 Å². The minimum absolute atomic E-state index is 0. The van der Waals surface area contributed by atoms with E-state index in [1.54, 1.807) is 6.08 Å². The summed E-state index contributed by atoms with van der Waals surface area (Å²) in [5, 5.41) is 9.36. The fourth-order valence-corrected chi connectivity index (χ4v) is 4.14. The van der Waals surface area contributed by atoms with Gasteiger partial charge in [0.2, 0.25) is 0 Å². The highest BCUT2D eigenvalue weighted by molar-refractivity contribution is 5.85. The summed E-state index contributed by atoms with van der Waals surface area (Å²) in [6.45, 7) is 4.41. The van der Waals surface area contributed by atoms with E-state index in [1.807, 2.05) is 0 Å². The van der Waals surface area contributed by atoms with Crippen LogP contribution in [-0.4, -0.2) is 48.5 Å². The highest BCUT2D eigenvalue weighted by atomic mass is 16.0. The molecule has 2 aromatic rings. The van der Waals surface area contributed by atoms with Gasteiger partial charge in [0, 0.05) is 38.3 Å². The van der Waals surface area contributed by atoms with Crippen LogP contribution in [0.25, 0.3) is 5.57 Å². The quantitative estimate of drug-likeness (QED) is 0.745. The van der Waals surface area contributed by atoms with Crippen LogP contribution in [0.15, 0.2) is 54.6 Å². The van der Waals surface area contributed by atoms with Crippen LogP contribution in [0.4, 0.5) is 0 Å². The van der Waals surface area contributed by atoms with E-state index >= 15 is 0 Å². The molecule has 0 spiro atoms. The topological polar surface area (TPSA) is 61.8 Å². The molecular weight excluding hydrogens is 322 g/mol. The molecule has 0 aromatic heterocycles. The highest BCUT2D eigenvalue weighted by Crippen LogP contribution is 2.40. The molecule has 1 unspecified atom stereocenters. The molecule has 1 fully saturated rings. The Morgan fingerprint density at radius 1 is 0.962 bits per heavy atom. The van der Waals surface area contributed by atoms with Crippen LogP contribution in [0.2, 0.25) is 0 Å². The molecule has 134 valence electrons. The Morgan fingerprint density at radius 3 is 2.35 bits per heavy atom. The van der Waals surface area contributed by atoms with Crippen LogP contribution < -0.4 is 0 Å². The zero-order valence-corrected chi connectivity index (χ0v) is 15.2. The smallest absolute Gasteiger partial charge is 0.0918 e. The van der Waals surface area contributed by atoms with Crippen LogP contribution in [0.1, 0.15) is 28.3 Å². The fraction of sp³-hybridized carbons (Fsp3) is 0.318. The molecule has 1 saturated heterocycles. The van der Waals surface area contributed by atoms with Gasteiger partial charge in [0.05, 0.1) is 6.07 Å². The molecule has 4 rings (SSSR count). The first-order valence-corrected chi connectivity index (χ1v) is 8.98. The van der Waals surface area contributed by atoms with Crippen LogP contribution in [0.5, 0.6) is 0 Å². The highest BCUT2D eigenvalue weighted by Gasteiger charge is 2.30. The Labute approximate surface area is 155 Å². The molecule has 0 saturated carbocycles. The normalized spacial score (nSPS) is 21.8. The summed E-state index contributed by atoms with van der Waals surface area (Å²) < 4.78 is 0. The first kappa shape index (κ1) is 18.3. The van der Waals surface area contributed by atoms with E-state index in [0.717, 1.165) is 38.2 Å². The number of benzene rings is 2. The molecular formula is C22H25N3O.